The van der Waals surface area contributed by atoms with Crippen molar-refractivity contribution >= 4 is 68.6 Å². The van der Waals surface area contributed by atoms with Crippen LogP contribution in [-0.2, 0) is 48.7 Å². The lowest BCUT2D eigenvalue weighted by Gasteiger charge is -2.52. The van der Waals surface area contributed by atoms with Gasteiger partial charge in [-0.25, -0.2) is 0 Å². The van der Waals surface area contributed by atoms with E-state index in [0.29, 0.717) is 0 Å². The number of anilines is 8. The van der Waals surface area contributed by atoms with Gasteiger partial charge >= 0.3 is 0 Å². The molecule has 2 unspecified atom stereocenters. The summed E-state index contributed by atoms with van der Waals surface area (Å²) in [5, 5.41) is 0. The Hall–Kier alpha value is -6.00. The zero-order chi connectivity index (χ0) is 60.6. The van der Waals surface area contributed by atoms with Crippen LogP contribution >= 0.6 is 0 Å². The van der Waals surface area contributed by atoms with E-state index in [1.54, 1.807) is 0 Å². The monoisotopic (exact) mass is 1140 g/mol. The molecule has 5 aliphatic carbocycles. The molecule has 1 fully saturated rings. The van der Waals surface area contributed by atoms with Crippen LogP contribution in [0.4, 0.5) is 45.5 Å². The zero-order valence-corrected chi connectivity index (χ0v) is 56.0. The Morgan fingerprint density at radius 1 is 0.302 bits per heavy atom. The van der Waals surface area contributed by atoms with E-state index >= 15 is 0 Å². The molecule has 444 valence electrons. The first-order valence-electron chi connectivity index (χ1n) is 33.8. The molecule has 15 rings (SSSR count). The third-order valence-electron chi connectivity index (χ3n) is 25.7. The van der Waals surface area contributed by atoms with E-state index in [9.17, 15) is 0 Å². The zero-order valence-electron chi connectivity index (χ0n) is 56.0. The van der Waals surface area contributed by atoms with Gasteiger partial charge in [-0.2, -0.15) is 0 Å². The second-order valence-corrected chi connectivity index (χ2v) is 34.7. The number of para-hydroxylation sites is 1. The Labute approximate surface area is 518 Å². The number of hydrogen-bond acceptors (Lipinski definition) is 3. The maximum absolute atomic E-state index is 2.89. The number of hydrogen-bond donors (Lipinski definition) is 0. The van der Waals surface area contributed by atoms with Crippen LogP contribution < -0.4 is 31.1 Å². The van der Waals surface area contributed by atoms with Crippen molar-refractivity contribution in [2.75, 3.05) is 14.7 Å². The van der Waals surface area contributed by atoms with E-state index in [0.717, 1.165) is 19.3 Å². The first-order valence-corrected chi connectivity index (χ1v) is 33.8. The van der Waals surface area contributed by atoms with Crippen LogP contribution in [-0.4, -0.2) is 12.3 Å². The highest BCUT2D eigenvalue weighted by Gasteiger charge is 2.59. The lowest BCUT2D eigenvalue weighted by Crippen LogP contribution is -2.62. The van der Waals surface area contributed by atoms with Crippen molar-refractivity contribution in [3.05, 3.63) is 171 Å². The number of fused-ring (bicyclic) bond motifs is 11. The molecule has 86 heavy (non-hydrogen) atoms. The van der Waals surface area contributed by atoms with Crippen LogP contribution in [0.25, 0.3) is 11.1 Å². The maximum Gasteiger partial charge on any atom is 0.252 e. The van der Waals surface area contributed by atoms with Crippen molar-refractivity contribution in [1.82, 2.24) is 0 Å². The second-order valence-electron chi connectivity index (χ2n) is 34.7. The SMILES string of the molecule is CC1(C)CCC(C)(C)c2cc(N3c4cc5c(cc4B4c6cc7c(cc6N(c6cc8c(cc6-c6ccccc6)C(C)(C)CCC8(C)C)c6cc(N8c9ccccc9C9(C)CCCCC89C)cc3c64)C(C)(C)CCC7(C)C)C(C)(C)CCC5(C)C)ccc21. The lowest BCUT2D eigenvalue weighted by atomic mass is 9.32. The second kappa shape index (κ2) is 17.9. The number of nitrogens with zero attached hydrogens (tertiary/aromatic N) is 3. The molecule has 0 N–H and O–H groups in total. The molecule has 0 amide bonds. The molecular weight excluding hydrogens is 1040 g/mol. The summed E-state index contributed by atoms with van der Waals surface area (Å²) in [5.74, 6) is 0. The van der Waals surface area contributed by atoms with Crippen LogP contribution in [0, 0.1) is 0 Å². The molecule has 7 aromatic rings. The summed E-state index contributed by atoms with van der Waals surface area (Å²) >= 11 is 0. The van der Waals surface area contributed by atoms with Gasteiger partial charge in [0.2, 0.25) is 0 Å². The summed E-state index contributed by atoms with van der Waals surface area (Å²) in [4.78, 5) is 8.60. The average molecular weight is 1140 g/mol. The molecule has 3 aliphatic heterocycles. The molecular formula is C82H98BN3. The molecule has 8 aliphatic rings. The minimum absolute atomic E-state index is 0.00694. The van der Waals surface area contributed by atoms with Gasteiger partial charge in [0.05, 0.1) is 11.2 Å². The third kappa shape index (κ3) is 7.77. The predicted octanol–water partition coefficient (Wildman–Crippen LogP) is 20.6. The van der Waals surface area contributed by atoms with Crippen molar-refractivity contribution in [3.63, 3.8) is 0 Å². The molecule has 0 bridgehead atoms. The number of benzene rings is 7. The molecule has 3 nitrogen and oxygen atoms in total. The highest BCUT2D eigenvalue weighted by molar-refractivity contribution is 7.00. The Kier molecular flexibility index (Phi) is 11.7. The topological polar surface area (TPSA) is 9.72 Å². The fourth-order valence-electron chi connectivity index (χ4n) is 19.2. The normalized spacial score (nSPS) is 25.5. The van der Waals surface area contributed by atoms with Gasteiger partial charge in [0.25, 0.3) is 6.71 Å². The fourth-order valence-corrected chi connectivity index (χ4v) is 19.2. The van der Waals surface area contributed by atoms with Gasteiger partial charge in [0, 0.05) is 50.8 Å². The summed E-state index contributed by atoms with van der Waals surface area (Å²) in [6.07, 6.45) is 14.2. The highest BCUT2D eigenvalue weighted by Crippen LogP contribution is 2.63. The van der Waals surface area contributed by atoms with Crippen LogP contribution in [0.2, 0.25) is 0 Å². The van der Waals surface area contributed by atoms with Crippen LogP contribution in [0.5, 0.6) is 0 Å². The molecule has 7 aromatic carbocycles. The van der Waals surface area contributed by atoms with Crippen molar-refractivity contribution in [2.24, 2.45) is 0 Å². The smallest absolute Gasteiger partial charge is 0.252 e. The Bertz CT molecular complexity index is 4030. The highest BCUT2D eigenvalue weighted by atomic mass is 15.3. The molecule has 0 aromatic heterocycles. The van der Waals surface area contributed by atoms with E-state index in [4.69, 9.17) is 0 Å². The molecule has 3 heterocycles. The van der Waals surface area contributed by atoms with Gasteiger partial charge in [-0.05, 0) is 241 Å². The quantitative estimate of drug-likeness (QED) is 0.163. The van der Waals surface area contributed by atoms with Crippen molar-refractivity contribution in [1.29, 1.82) is 0 Å². The average Bonchev–Trinajstić information content (AvgIpc) is 0.983. The standard InChI is InChI=1S/C82H98BN3/c1-73(2)34-35-74(3,4)57-42-52(30-31-55(57)73)84-68-49-62-59(76(7,8)37-40-79(62,13)14)46-64(68)83-65-47-60-63(80(15,16)41-38-77(60,9)10)50-69(65)85(67-48-61-58(75(5,6)36-39-78(61,11)12)45-54(67)51-26-20-19-21-27-51)71-44-53(43-70(84)72(71)83)86-66-29-23-22-28-56(66)81(17)32-24-25-33-82(81,86)18/h19-23,26-31,42-50H,24-25,32-41H2,1-18H3. The van der Waals surface area contributed by atoms with Crippen LogP contribution in [0.1, 0.15) is 252 Å². The van der Waals surface area contributed by atoms with E-state index in [-0.39, 0.29) is 61.0 Å². The fraction of sp³-hybridized carbons (Fsp3) is 0.488. The molecule has 1 saturated carbocycles. The van der Waals surface area contributed by atoms with E-state index < -0.39 is 0 Å². The summed E-state index contributed by atoms with van der Waals surface area (Å²) in [5.41, 5.74) is 31.2. The maximum atomic E-state index is 2.89. The van der Waals surface area contributed by atoms with Crippen molar-refractivity contribution in [2.45, 2.75) is 256 Å². The molecule has 0 spiro atoms. The van der Waals surface area contributed by atoms with Gasteiger partial charge in [-0.3, -0.25) is 0 Å². The van der Waals surface area contributed by atoms with E-state index in [1.165, 1.54) is 181 Å². The first-order chi connectivity index (χ1) is 40.3. The van der Waals surface area contributed by atoms with Gasteiger partial charge in [-0.1, -0.05) is 197 Å². The molecule has 4 heteroatoms. The summed E-state index contributed by atoms with van der Waals surface area (Å²) in [6.45, 7) is 45.7. The van der Waals surface area contributed by atoms with Crippen LogP contribution in [0.3, 0.4) is 0 Å². The summed E-state index contributed by atoms with van der Waals surface area (Å²) < 4.78 is 0. The Morgan fingerprint density at radius 3 is 1.26 bits per heavy atom. The minimum atomic E-state index is -0.147. The minimum Gasteiger partial charge on any atom is -0.334 e. The van der Waals surface area contributed by atoms with E-state index in [2.05, 4.69) is 261 Å². The van der Waals surface area contributed by atoms with Crippen LogP contribution in [0.15, 0.2) is 121 Å². The van der Waals surface area contributed by atoms with Crippen molar-refractivity contribution < 1.29 is 0 Å². The largest absolute Gasteiger partial charge is 0.334 e. The summed E-state index contributed by atoms with van der Waals surface area (Å²) in [7, 11) is 0. The Morgan fingerprint density at radius 2 is 0.721 bits per heavy atom. The van der Waals surface area contributed by atoms with Gasteiger partial charge in [-0.15, -0.1) is 0 Å². The molecule has 0 radical (unpaired) electrons. The van der Waals surface area contributed by atoms with Crippen molar-refractivity contribution in [3.8, 4) is 11.1 Å². The third-order valence-corrected chi connectivity index (χ3v) is 25.7. The molecule has 2 atom stereocenters. The van der Waals surface area contributed by atoms with Gasteiger partial charge < -0.3 is 14.7 Å². The lowest BCUT2D eigenvalue weighted by molar-refractivity contribution is 0.195. The van der Waals surface area contributed by atoms with Gasteiger partial charge in [0.1, 0.15) is 0 Å². The van der Waals surface area contributed by atoms with E-state index in [1.807, 2.05) is 0 Å². The molecule has 0 saturated heterocycles. The first kappa shape index (κ1) is 56.5. The predicted molar refractivity (Wildman–Crippen MR) is 370 cm³/mol. The van der Waals surface area contributed by atoms with Gasteiger partial charge in [0.15, 0.2) is 0 Å². The Balaban J connectivity index is 1.14. The summed E-state index contributed by atoms with van der Waals surface area (Å²) in [6, 6.07) is 50.8. The number of rotatable bonds is 4.